The Kier molecular flexibility index (Phi) is 8.36. The maximum Gasteiger partial charge on any atom is 0.224 e. The van der Waals surface area contributed by atoms with Crippen LogP contribution in [-0.2, 0) is 4.79 Å². The Balaban J connectivity index is 1.97. The van der Waals surface area contributed by atoms with Crippen LogP contribution in [0.25, 0.3) is 0 Å². The van der Waals surface area contributed by atoms with Crippen molar-refractivity contribution in [2.24, 2.45) is 0 Å². The molecule has 1 aromatic rings. The Morgan fingerprint density at radius 1 is 1.11 bits per heavy atom. The Hall–Kier alpha value is -1.64. The first kappa shape index (κ1) is 15.4. The van der Waals surface area contributed by atoms with Gasteiger partial charge in [-0.25, -0.2) is 0 Å². The minimum atomic E-state index is 0.0952. The van der Waals surface area contributed by atoms with E-state index in [0.717, 1.165) is 24.9 Å². The van der Waals surface area contributed by atoms with Crippen LogP contribution in [0.5, 0.6) is 0 Å². The molecule has 0 unspecified atom stereocenters. The summed E-state index contributed by atoms with van der Waals surface area (Å²) >= 11 is 0. The van der Waals surface area contributed by atoms with Crippen molar-refractivity contribution in [3.63, 3.8) is 0 Å². The quantitative estimate of drug-likeness (QED) is 0.502. The van der Waals surface area contributed by atoms with Crippen LogP contribution in [0, 0.1) is 0 Å². The Morgan fingerprint density at radius 3 is 2.42 bits per heavy atom. The molecule has 0 bridgehead atoms. The fraction of sp³-hybridized carbons (Fsp3) is 0.500. The normalized spacial score (nSPS) is 10.1. The van der Waals surface area contributed by atoms with Crippen LogP contribution in [0.3, 0.4) is 0 Å². The lowest BCUT2D eigenvalue weighted by atomic mass is 10.1. The number of amides is 1. The first-order valence-electron chi connectivity index (χ1n) is 7.13. The number of allylic oxidation sites excluding steroid dienone is 1. The van der Waals surface area contributed by atoms with Crippen molar-refractivity contribution in [3.05, 3.63) is 37.2 Å². The first-order chi connectivity index (χ1) is 9.33. The SMILES string of the molecule is C=CCCCCCCCCC(=O)Nc1ccncc1. The molecule has 0 saturated carbocycles. The molecule has 0 spiro atoms. The van der Waals surface area contributed by atoms with E-state index in [1.165, 1.54) is 25.7 Å². The second-order valence-electron chi connectivity index (χ2n) is 4.73. The number of anilines is 1. The van der Waals surface area contributed by atoms with Gasteiger partial charge < -0.3 is 5.32 Å². The van der Waals surface area contributed by atoms with Crippen LogP contribution in [0.2, 0.25) is 0 Å². The van der Waals surface area contributed by atoms with E-state index < -0.39 is 0 Å². The van der Waals surface area contributed by atoms with Gasteiger partial charge in [0.2, 0.25) is 5.91 Å². The zero-order valence-electron chi connectivity index (χ0n) is 11.6. The second kappa shape index (κ2) is 10.3. The highest BCUT2D eigenvalue weighted by Crippen LogP contribution is 2.10. The molecule has 0 fully saturated rings. The Morgan fingerprint density at radius 2 is 1.74 bits per heavy atom. The molecule has 104 valence electrons. The molecule has 0 saturated heterocycles. The molecule has 0 aliphatic carbocycles. The molecule has 0 atom stereocenters. The van der Waals surface area contributed by atoms with Crippen molar-refractivity contribution in [2.75, 3.05) is 5.32 Å². The van der Waals surface area contributed by atoms with E-state index in [1.807, 2.05) is 6.08 Å². The predicted molar refractivity (Wildman–Crippen MR) is 80.0 cm³/mol. The van der Waals surface area contributed by atoms with Gasteiger partial charge in [0.25, 0.3) is 0 Å². The van der Waals surface area contributed by atoms with Gasteiger partial charge in [0.05, 0.1) is 0 Å². The molecule has 0 aliphatic heterocycles. The van der Waals surface area contributed by atoms with Gasteiger partial charge in [0, 0.05) is 24.5 Å². The van der Waals surface area contributed by atoms with Crippen LogP contribution in [0.1, 0.15) is 51.4 Å². The average Bonchev–Trinajstić information content (AvgIpc) is 2.43. The zero-order valence-corrected chi connectivity index (χ0v) is 11.6. The van der Waals surface area contributed by atoms with Gasteiger partial charge in [-0.05, 0) is 31.4 Å². The summed E-state index contributed by atoms with van der Waals surface area (Å²) in [7, 11) is 0. The lowest BCUT2D eigenvalue weighted by Crippen LogP contribution is -2.10. The summed E-state index contributed by atoms with van der Waals surface area (Å²) in [5.41, 5.74) is 0.824. The van der Waals surface area contributed by atoms with Gasteiger partial charge in [0.1, 0.15) is 0 Å². The molecule has 1 amide bonds. The molecule has 1 N–H and O–H groups in total. The summed E-state index contributed by atoms with van der Waals surface area (Å²) in [6, 6.07) is 3.61. The zero-order chi connectivity index (χ0) is 13.8. The van der Waals surface area contributed by atoms with Crippen molar-refractivity contribution < 1.29 is 4.79 Å². The summed E-state index contributed by atoms with van der Waals surface area (Å²) in [5, 5.41) is 2.87. The van der Waals surface area contributed by atoms with Crippen LogP contribution in [-0.4, -0.2) is 10.9 Å². The minimum Gasteiger partial charge on any atom is -0.326 e. The van der Waals surface area contributed by atoms with Gasteiger partial charge in [-0.3, -0.25) is 9.78 Å². The molecular weight excluding hydrogens is 236 g/mol. The third-order valence-electron chi connectivity index (χ3n) is 3.03. The number of carbonyl (C=O) groups excluding carboxylic acids is 1. The van der Waals surface area contributed by atoms with Gasteiger partial charge in [-0.2, -0.15) is 0 Å². The molecule has 1 rings (SSSR count). The number of nitrogens with one attached hydrogen (secondary N) is 1. The highest BCUT2D eigenvalue weighted by atomic mass is 16.1. The molecule has 0 aromatic carbocycles. The first-order valence-corrected chi connectivity index (χ1v) is 7.13. The highest BCUT2D eigenvalue weighted by Gasteiger charge is 2.01. The molecule has 1 aromatic heterocycles. The fourth-order valence-corrected chi connectivity index (χ4v) is 1.94. The molecule has 1 heterocycles. The van der Waals surface area contributed by atoms with Gasteiger partial charge in [-0.15, -0.1) is 6.58 Å². The van der Waals surface area contributed by atoms with Crippen LogP contribution >= 0.6 is 0 Å². The number of rotatable bonds is 10. The largest absolute Gasteiger partial charge is 0.326 e. The monoisotopic (exact) mass is 260 g/mol. The van der Waals surface area contributed by atoms with Gasteiger partial charge >= 0.3 is 0 Å². The second-order valence-corrected chi connectivity index (χ2v) is 4.73. The van der Waals surface area contributed by atoms with E-state index in [2.05, 4.69) is 16.9 Å². The van der Waals surface area contributed by atoms with E-state index in [4.69, 9.17) is 0 Å². The van der Waals surface area contributed by atoms with Gasteiger partial charge in [0.15, 0.2) is 0 Å². The predicted octanol–water partition coefficient (Wildman–Crippen LogP) is 4.33. The summed E-state index contributed by atoms with van der Waals surface area (Å²) in [6.45, 7) is 3.71. The maximum atomic E-state index is 11.6. The summed E-state index contributed by atoms with van der Waals surface area (Å²) in [6.07, 6.45) is 14.2. The summed E-state index contributed by atoms with van der Waals surface area (Å²) in [5.74, 6) is 0.0952. The maximum absolute atomic E-state index is 11.6. The van der Waals surface area contributed by atoms with E-state index in [-0.39, 0.29) is 5.91 Å². The average molecular weight is 260 g/mol. The number of unbranched alkanes of at least 4 members (excludes halogenated alkanes) is 6. The lowest BCUT2D eigenvalue weighted by molar-refractivity contribution is -0.116. The third-order valence-corrected chi connectivity index (χ3v) is 3.03. The fourth-order valence-electron chi connectivity index (χ4n) is 1.94. The molecule has 3 nitrogen and oxygen atoms in total. The van der Waals surface area contributed by atoms with Crippen LogP contribution in [0.4, 0.5) is 5.69 Å². The number of hydrogen-bond acceptors (Lipinski definition) is 2. The number of aromatic nitrogens is 1. The molecular formula is C16H24N2O. The van der Waals surface area contributed by atoms with E-state index in [0.29, 0.717) is 6.42 Å². The van der Waals surface area contributed by atoms with Gasteiger partial charge in [-0.1, -0.05) is 31.8 Å². The Bertz CT molecular complexity index is 362. The van der Waals surface area contributed by atoms with Crippen LogP contribution in [0.15, 0.2) is 37.2 Å². The number of hydrogen-bond donors (Lipinski definition) is 1. The van der Waals surface area contributed by atoms with Crippen LogP contribution < -0.4 is 5.32 Å². The van der Waals surface area contributed by atoms with Crippen molar-refractivity contribution >= 4 is 11.6 Å². The van der Waals surface area contributed by atoms with Crippen molar-refractivity contribution in [1.82, 2.24) is 4.98 Å². The van der Waals surface area contributed by atoms with E-state index >= 15 is 0 Å². The van der Waals surface area contributed by atoms with Crippen molar-refractivity contribution in [1.29, 1.82) is 0 Å². The van der Waals surface area contributed by atoms with E-state index in [1.54, 1.807) is 24.5 Å². The molecule has 3 heteroatoms. The van der Waals surface area contributed by atoms with Crippen molar-refractivity contribution in [3.8, 4) is 0 Å². The topological polar surface area (TPSA) is 42.0 Å². The summed E-state index contributed by atoms with van der Waals surface area (Å²) < 4.78 is 0. The highest BCUT2D eigenvalue weighted by molar-refractivity contribution is 5.90. The lowest BCUT2D eigenvalue weighted by Gasteiger charge is -2.04. The smallest absolute Gasteiger partial charge is 0.224 e. The van der Waals surface area contributed by atoms with E-state index in [9.17, 15) is 4.79 Å². The number of nitrogens with zero attached hydrogens (tertiary/aromatic N) is 1. The molecule has 0 radical (unpaired) electrons. The number of pyridine rings is 1. The minimum absolute atomic E-state index is 0.0952. The number of carbonyl (C=O) groups is 1. The molecule has 19 heavy (non-hydrogen) atoms. The Labute approximate surface area is 116 Å². The third kappa shape index (κ3) is 8.14. The standard InChI is InChI=1S/C16H24N2O/c1-2-3-4-5-6-7-8-9-10-16(19)18-15-11-13-17-14-12-15/h2,11-14H,1,3-10H2,(H,17,18,19). The van der Waals surface area contributed by atoms with Crippen molar-refractivity contribution in [2.45, 2.75) is 51.4 Å². The summed E-state index contributed by atoms with van der Waals surface area (Å²) in [4.78, 5) is 15.6. The molecule has 0 aliphatic rings.